The van der Waals surface area contributed by atoms with Gasteiger partial charge in [0.15, 0.2) is 0 Å². The van der Waals surface area contributed by atoms with Crippen LogP contribution in [0.3, 0.4) is 0 Å². The van der Waals surface area contributed by atoms with E-state index < -0.39 is 17.5 Å². The number of nitrogens with one attached hydrogen (secondary N) is 2. The van der Waals surface area contributed by atoms with Crippen molar-refractivity contribution >= 4 is 17.8 Å². The predicted molar refractivity (Wildman–Crippen MR) is 107 cm³/mol. The Morgan fingerprint density at radius 1 is 1.21 bits per heavy atom. The molecule has 2 saturated heterocycles. The highest BCUT2D eigenvalue weighted by atomic mass is 16.2. The Hall–Kier alpha value is -2.41. The van der Waals surface area contributed by atoms with E-state index in [4.69, 9.17) is 0 Å². The topological polar surface area (TPSA) is 81.8 Å². The number of rotatable bonds is 6. The molecule has 28 heavy (non-hydrogen) atoms. The lowest BCUT2D eigenvalue weighted by Gasteiger charge is -2.32. The molecular formula is C21H30N4O3. The van der Waals surface area contributed by atoms with Gasteiger partial charge in [-0.15, -0.1) is 0 Å². The fourth-order valence-corrected chi connectivity index (χ4v) is 3.96. The van der Waals surface area contributed by atoms with Crippen LogP contribution in [0, 0.1) is 6.92 Å². The highest BCUT2D eigenvalue weighted by molar-refractivity contribution is 6.09. The molecule has 2 heterocycles. The van der Waals surface area contributed by atoms with Crippen LogP contribution in [0.4, 0.5) is 4.79 Å². The molecule has 2 fully saturated rings. The smallest absolute Gasteiger partial charge is 0.325 e. The molecule has 1 atom stereocenters. The average Bonchev–Trinajstić information content (AvgIpc) is 2.88. The number of aryl methyl sites for hydroxylation is 1. The van der Waals surface area contributed by atoms with E-state index in [0.29, 0.717) is 5.56 Å². The summed E-state index contributed by atoms with van der Waals surface area (Å²) in [5, 5.41) is 5.73. The standard InChI is InChI=1S/C21H30N4O3/c1-4-11-24-12-9-17(10-13-24)22-18(26)14-25-19(27)21(3,23-20(25)28)16-7-5-15(2)6-8-16/h5-8,17H,4,9-14H2,1-3H3,(H,22,26)(H,23,28). The maximum absolute atomic E-state index is 12.9. The van der Waals surface area contributed by atoms with Gasteiger partial charge in [0.1, 0.15) is 12.1 Å². The van der Waals surface area contributed by atoms with Crippen molar-refractivity contribution in [3.05, 3.63) is 35.4 Å². The zero-order chi connectivity index (χ0) is 20.3. The molecule has 1 aromatic carbocycles. The molecule has 3 rings (SSSR count). The highest BCUT2D eigenvalue weighted by Crippen LogP contribution is 2.28. The zero-order valence-electron chi connectivity index (χ0n) is 17.0. The molecule has 0 spiro atoms. The Morgan fingerprint density at radius 3 is 2.46 bits per heavy atom. The summed E-state index contributed by atoms with van der Waals surface area (Å²) < 4.78 is 0. The Kier molecular flexibility index (Phi) is 6.03. The first-order chi connectivity index (χ1) is 13.3. The van der Waals surface area contributed by atoms with Crippen molar-refractivity contribution in [2.75, 3.05) is 26.2 Å². The Balaban J connectivity index is 1.58. The van der Waals surface area contributed by atoms with Crippen LogP contribution in [0.1, 0.15) is 44.2 Å². The molecule has 1 unspecified atom stereocenters. The Bertz CT molecular complexity index is 741. The summed E-state index contributed by atoms with van der Waals surface area (Å²) >= 11 is 0. The first kappa shape index (κ1) is 20.3. The quantitative estimate of drug-likeness (QED) is 0.730. The normalized spacial score (nSPS) is 23.8. The number of likely N-dealkylation sites (tertiary alicyclic amines) is 1. The van der Waals surface area contributed by atoms with E-state index in [9.17, 15) is 14.4 Å². The number of amides is 4. The van der Waals surface area contributed by atoms with E-state index >= 15 is 0 Å². The number of imide groups is 1. The third kappa shape index (κ3) is 4.19. The molecule has 7 heteroatoms. The van der Waals surface area contributed by atoms with E-state index in [2.05, 4.69) is 22.5 Å². The van der Waals surface area contributed by atoms with Gasteiger partial charge in [0.2, 0.25) is 5.91 Å². The number of piperidine rings is 1. The van der Waals surface area contributed by atoms with Crippen molar-refractivity contribution in [2.45, 2.75) is 51.6 Å². The number of benzene rings is 1. The Labute approximate surface area is 166 Å². The molecule has 2 aliphatic rings. The lowest BCUT2D eigenvalue weighted by Crippen LogP contribution is -2.48. The maximum Gasteiger partial charge on any atom is 0.325 e. The molecular weight excluding hydrogens is 356 g/mol. The van der Waals surface area contributed by atoms with Crippen LogP contribution < -0.4 is 10.6 Å². The van der Waals surface area contributed by atoms with Crippen LogP contribution in [-0.4, -0.2) is 59.9 Å². The summed E-state index contributed by atoms with van der Waals surface area (Å²) in [6.07, 6.45) is 2.92. The van der Waals surface area contributed by atoms with Crippen LogP contribution in [0.15, 0.2) is 24.3 Å². The minimum atomic E-state index is -1.14. The molecule has 2 aliphatic heterocycles. The predicted octanol–water partition coefficient (Wildman–Crippen LogP) is 1.75. The van der Waals surface area contributed by atoms with Gasteiger partial charge < -0.3 is 15.5 Å². The van der Waals surface area contributed by atoms with E-state index in [1.807, 2.05) is 31.2 Å². The SMILES string of the molecule is CCCN1CCC(NC(=O)CN2C(=O)NC(C)(c3ccc(C)cc3)C2=O)CC1. The molecule has 4 amide bonds. The first-order valence-electron chi connectivity index (χ1n) is 10.1. The first-order valence-corrected chi connectivity index (χ1v) is 10.1. The van der Waals surface area contributed by atoms with Gasteiger partial charge in [-0.25, -0.2) is 4.79 Å². The zero-order valence-corrected chi connectivity index (χ0v) is 17.0. The van der Waals surface area contributed by atoms with Crippen LogP contribution in [-0.2, 0) is 15.1 Å². The molecule has 0 radical (unpaired) electrons. The van der Waals surface area contributed by atoms with Crippen molar-refractivity contribution < 1.29 is 14.4 Å². The van der Waals surface area contributed by atoms with Gasteiger partial charge in [-0.3, -0.25) is 14.5 Å². The molecule has 0 aliphatic carbocycles. The van der Waals surface area contributed by atoms with Crippen LogP contribution in [0.2, 0.25) is 0 Å². The summed E-state index contributed by atoms with van der Waals surface area (Å²) in [7, 11) is 0. The largest absolute Gasteiger partial charge is 0.352 e. The van der Waals surface area contributed by atoms with Gasteiger partial charge in [-0.05, 0) is 45.2 Å². The van der Waals surface area contributed by atoms with Gasteiger partial charge in [-0.1, -0.05) is 36.8 Å². The van der Waals surface area contributed by atoms with Crippen molar-refractivity contribution in [2.24, 2.45) is 0 Å². The average molecular weight is 386 g/mol. The monoisotopic (exact) mass is 386 g/mol. The fourth-order valence-electron chi connectivity index (χ4n) is 3.96. The van der Waals surface area contributed by atoms with Gasteiger partial charge >= 0.3 is 6.03 Å². The van der Waals surface area contributed by atoms with Crippen molar-refractivity contribution in [3.63, 3.8) is 0 Å². The molecule has 1 aromatic rings. The molecule has 0 saturated carbocycles. The van der Waals surface area contributed by atoms with Gasteiger partial charge in [0.05, 0.1) is 0 Å². The molecule has 0 bridgehead atoms. The number of carbonyl (C=O) groups excluding carboxylic acids is 3. The summed E-state index contributed by atoms with van der Waals surface area (Å²) in [4.78, 5) is 41.2. The number of hydrogen-bond acceptors (Lipinski definition) is 4. The van der Waals surface area contributed by atoms with Crippen molar-refractivity contribution in [3.8, 4) is 0 Å². The summed E-state index contributed by atoms with van der Waals surface area (Å²) in [6, 6.07) is 7.05. The molecule has 2 N–H and O–H groups in total. The Morgan fingerprint density at radius 2 is 1.86 bits per heavy atom. The van der Waals surface area contributed by atoms with Crippen LogP contribution in [0.25, 0.3) is 0 Å². The highest BCUT2D eigenvalue weighted by Gasteiger charge is 2.49. The fraction of sp³-hybridized carbons (Fsp3) is 0.571. The molecule has 0 aromatic heterocycles. The number of urea groups is 1. The minimum absolute atomic E-state index is 0.102. The number of carbonyl (C=O) groups is 3. The lowest BCUT2D eigenvalue weighted by molar-refractivity contribution is -0.135. The van der Waals surface area contributed by atoms with Crippen LogP contribution in [0.5, 0.6) is 0 Å². The molecule has 7 nitrogen and oxygen atoms in total. The second kappa shape index (κ2) is 8.31. The number of nitrogens with zero attached hydrogens (tertiary/aromatic N) is 2. The maximum atomic E-state index is 12.9. The van der Waals surface area contributed by atoms with Crippen LogP contribution >= 0.6 is 0 Å². The second-order valence-corrected chi connectivity index (χ2v) is 8.00. The molecule has 152 valence electrons. The van der Waals surface area contributed by atoms with E-state index in [1.165, 1.54) is 0 Å². The van der Waals surface area contributed by atoms with Crippen molar-refractivity contribution in [1.82, 2.24) is 20.4 Å². The van der Waals surface area contributed by atoms with E-state index in [1.54, 1.807) is 6.92 Å². The summed E-state index contributed by atoms with van der Waals surface area (Å²) in [5.41, 5.74) is 0.643. The van der Waals surface area contributed by atoms with Gasteiger partial charge in [0.25, 0.3) is 5.91 Å². The minimum Gasteiger partial charge on any atom is -0.352 e. The van der Waals surface area contributed by atoms with E-state index in [0.717, 1.165) is 49.4 Å². The second-order valence-electron chi connectivity index (χ2n) is 8.00. The third-order valence-electron chi connectivity index (χ3n) is 5.70. The lowest BCUT2D eigenvalue weighted by atomic mass is 9.91. The van der Waals surface area contributed by atoms with Gasteiger partial charge in [-0.2, -0.15) is 0 Å². The van der Waals surface area contributed by atoms with Crippen molar-refractivity contribution in [1.29, 1.82) is 0 Å². The van der Waals surface area contributed by atoms with Gasteiger partial charge in [0, 0.05) is 19.1 Å². The number of hydrogen-bond donors (Lipinski definition) is 2. The summed E-state index contributed by atoms with van der Waals surface area (Å²) in [6.45, 7) is 8.57. The third-order valence-corrected chi connectivity index (χ3v) is 5.70. The summed E-state index contributed by atoms with van der Waals surface area (Å²) in [5.74, 6) is -0.681. The van der Waals surface area contributed by atoms with E-state index in [-0.39, 0.29) is 18.5 Å².